The minimum Gasteiger partial charge on any atom is -0.396 e. The molecule has 0 aromatic rings. The molecule has 0 aliphatic heterocycles. The van der Waals surface area contributed by atoms with Gasteiger partial charge in [0.15, 0.2) is 0 Å². The van der Waals surface area contributed by atoms with E-state index < -0.39 is 0 Å². The molecular formula is C20H32O2. The molecular weight excluding hydrogens is 272 g/mol. The molecule has 6 fully saturated rings. The van der Waals surface area contributed by atoms with Crippen LogP contribution in [0.2, 0.25) is 0 Å². The number of hydrogen-bond donors (Lipinski definition) is 2. The maximum atomic E-state index is 11.3. The van der Waals surface area contributed by atoms with E-state index in [1.54, 1.807) is 0 Å². The van der Waals surface area contributed by atoms with E-state index in [-0.39, 0.29) is 16.9 Å². The van der Waals surface area contributed by atoms with Crippen LogP contribution >= 0.6 is 0 Å². The van der Waals surface area contributed by atoms with Gasteiger partial charge < -0.3 is 10.2 Å². The average molecular weight is 304 g/mol. The lowest BCUT2D eigenvalue weighted by Gasteiger charge is -2.66. The highest BCUT2D eigenvalue weighted by molar-refractivity contribution is 5.29. The van der Waals surface area contributed by atoms with Gasteiger partial charge in [-0.2, -0.15) is 0 Å². The lowest BCUT2D eigenvalue weighted by atomic mass is 9.39. The zero-order valence-corrected chi connectivity index (χ0v) is 14.4. The number of hydrogen-bond acceptors (Lipinski definition) is 2. The lowest BCUT2D eigenvalue weighted by molar-refractivity contribution is -0.212. The largest absolute Gasteiger partial charge is 0.396 e. The molecule has 0 saturated heterocycles. The van der Waals surface area contributed by atoms with Gasteiger partial charge in [-0.1, -0.05) is 27.2 Å². The second kappa shape index (κ2) is 3.77. The predicted octanol–water partition coefficient (Wildman–Crippen LogP) is 3.61. The number of rotatable bonds is 1. The third-order valence-electron chi connectivity index (χ3n) is 9.76. The fraction of sp³-hybridized carbons (Fsp3) is 1.00. The van der Waals surface area contributed by atoms with Gasteiger partial charge in [-0.25, -0.2) is 0 Å². The summed E-state index contributed by atoms with van der Waals surface area (Å²) in [4.78, 5) is 0. The second-order valence-corrected chi connectivity index (χ2v) is 10.6. The van der Waals surface area contributed by atoms with Crippen LogP contribution in [-0.2, 0) is 0 Å². The van der Waals surface area contributed by atoms with E-state index in [0.717, 1.165) is 5.92 Å². The third-order valence-corrected chi connectivity index (χ3v) is 9.76. The van der Waals surface area contributed by atoms with Gasteiger partial charge >= 0.3 is 0 Å². The first-order chi connectivity index (χ1) is 10.3. The summed E-state index contributed by atoms with van der Waals surface area (Å²) in [6.45, 7) is 7.57. The average Bonchev–Trinajstić information content (AvgIpc) is 2.92. The molecule has 6 aliphatic carbocycles. The van der Waals surface area contributed by atoms with Crippen LogP contribution in [0, 0.1) is 45.3 Å². The molecule has 6 aliphatic rings. The van der Waals surface area contributed by atoms with E-state index >= 15 is 0 Å². The van der Waals surface area contributed by atoms with E-state index in [1.807, 2.05) is 0 Å². The first-order valence-corrected chi connectivity index (χ1v) is 9.60. The number of aliphatic hydroxyl groups excluding tert-OH is 2. The van der Waals surface area contributed by atoms with Crippen molar-refractivity contribution in [3.8, 4) is 0 Å². The summed E-state index contributed by atoms with van der Waals surface area (Å²) < 4.78 is 0. The van der Waals surface area contributed by atoms with Crippen LogP contribution in [-0.4, -0.2) is 22.9 Å². The Labute approximate surface area is 134 Å². The monoisotopic (exact) mass is 304 g/mol. The molecule has 0 amide bonds. The number of aliphatic hydroxyl groups is 2. The van der Waals surface area contributed by atoms with Crippen molar-refractivity contribution in [3.05, 3.63) is 0 Å². The van der Waals surface area contributed by atoms with Crippen molar-refractivity contribution in [3.63, 3.8) is 0 Å². The Hall–Kier alpha value is -0.0800. The zero-order valence-electron chi connectivity index (χ0n) is 14.4. The lowest BCUT2D eigenvalue weighted by Crippen LogP contribution is -2.62. The van der Waals surface area contributed by atoms with E-state index in [2.05, 4.69) is 20.8 Å². The molecule has 9 unspecified atom stereocenters. The molecule has 124 valence electrons. The molecule has 0 heterocycles. The summed E-state index contributed by atoms with van der Waals surface area (Å²) in [5, 5.41) is 21.3. The predicted molar refractivity (Wildman–Crippen MR) is 86.1 cm³/mol. The SMILES string of the molecule is CC1(CO)CCCC2(C)C1CCC13CC4C(C(O)C12)C4(C)C3. The van der Waals surface area contributed by atoms with Crippen LogP contribution in [0.25, 0.3) is 0 Å². The van der Waals surface area contributed by atoms with Gasteiger partial charge in [-0.05, 0) is 83.9 Å². The van der Waals surface area contributed by atoms with E-state index in [0.29, 0.717) is 35.2 Å². The number of fused-ring (bicyclic) bond motifs is 1. The second-order valence-electron chi connectivity index (χ2n) is 10.6. The van der Waals surface area contributed by atoms with Gasteiger partial charge in [0.25, 0.3) is 0 Å². The van der Waals surface area contributed by atoms with Gasteiger partial charge in [0, 0.05) is 6.61 Å². The van der Waals surface area contributed by atoms with Crippen LogP contribution in [0.15, 0.2) is 0 Å². The molecule has 2 nitrogen and oxygen atoms in total. The Morgan fingerprint density at radius 2 is 1.82 bits per heavy atom. The van der Waals surface area contributed by atoms with Crippen molar-refractivity contribution >= 4 is 0 Å². The Morgan fingerprint density at radius 1 is 1.05 bits per heavy atom. The van der Waals surface area contributed by atoms with Crippen LogP contribution in [0.5, 0.6) is 0 Å². The summed E-state index contributed by atoms with van der Waals surface area (Å²) in [5.74, 6) is 2.52. The minimum absolute atomic E-state index is 0.0636. The highest BCUT2D eigenvalue weighted by Gasteiger charge is 2.81. The fourth-order valence-corrected chi connectivity index (χ4v) is 9.14. The van der Waals surface area contributed by atoms with Gasteiger partial charge in [0.05, 0.1) is 6.10 Å². The summed E-state index contributed by atoms with van der Waals surface area (Å²) in [6, 6.07) is 0. The van der Waals surface area contributed by atoms with E-state index in [1.165, 1.54) is 44.9 Å². The topological polar surface area (TPSA) is 40.5 Å². The smallest absolute Gasteiger partial charge is 0.0615 e. The summed E-state index contributed by atoms with van der Waals surface area (Å²) in [5.41, 5.74) is 1.25. The van der Waals surface area contributed by atoms with Gasteiger partial charge in [0.1, 0.15) is 0 Å². The molecule has 0 radical (unpaired) electrons. The Morgan fingerprint density at radius 3 is 2.45 bits per heavy atom. The third kappa shape index (κ3) is 1.30. The minimum atomic E-state index is -0.0636. The Bertz CT molecular complexity index is 532. The summed E-state index contributed by atoms with van der Waals surface area (Å²) >= 11 is 0. The van der Waals surface area contributed by atoms with Crippen LogP contribution in [0.3, 0.4) is 0 Å². The standard InChI is InChI=1S/C20H32O2/c1-17(11-21)6-4-7-18(2)13(17)5-8-20-9-12-14(15(22)16(18)20)19(12,3)10-20/h12-16,21-22H,4-11H2,1-3H3. The Kier molecular flexibility index (Phi) is 2.45. The maximum Gasteiger partial charge on any atom is 0.0615 e. The Balaban J connectivity index is 1.59. The molecule has 1 spiro atoms. The molecule has 9 atom stereocenters. The molecule has 6 saturated carbocycles. The van der Waals surface area contributed by atoms with Gasteiger partial charge in [0.2, 0.25) is 0 Å². The molecule has 22 heavy (non-hydrogen) atoms. The molecule has 2 heteroatoms. The van der Waals surface area contributed by atoms with Crippen molar-refractivity contribution in [1.82, 2.24) is 0 Å². The highest BCUT2D eigenvalue weighted by atomic mass is 16.3. The summed E-state index contributed by atoms with van der Waals surface area (Å²) in [6.07, 6.45) is 8.98. The zero-order chi connectivity index (χ0) is 15.5. The quantitative estimate of drug-likeness (QED) is 0.777. The molecule has 6 rings (SSSR count). The van der Waals surface area contributed by atoms with E-state index in [4.69, 9.17) is 0 Å². The highest BCUT2D eigenvalue weighted by Crippen LogP contribution is 2.85. The van der Waals surface area contributed by atoms with Crippen LogP contribution in [0.1, 0.15) is 65.7 Å². The first-order valence-electron chi connectivity index (χ1n) is 9.60. The summed E-state index contributed by atoms with van der Waals surface area (Å²) in [7, 11) is 0. The fourth-order valence-electron chi connectivity index (χ4n) is 9.14. The normalized spacial score (nSPS) is 68.3. The van der Waals surface area contributed by atoms with Crippen molar-refractivity contribution in [2.45, 2.75) is 71.8 Å². The van der Waals surface area contributed by atoms with Crippen molar-refractivity contribution in [1.29, 1.82) is 0 Å². The van der Waals surface area contributed by atoms with Crippen molar-refractivity contribution in [2.75, 3.05) is 6.61 Å². The first kappa shape index (κ1) is 14.3. The molecule has 0 aromatic heterocycles. The molecule has 0 aromatic carbocycles. The van der Waals surface area contributed by atoms with Crippen LogP contribution in [0.4, 0.5) is 0 Å². The molecule has 2 N–H and O–H groups in total. The van der Waals surface area contributed by atoms with Crippen molar-refractivity contribution in [2.24, 2.45) is 45.3 Å². The van der Waals surface area contributed by atoms with Gasteiger partial charge in [-0.3, -0.25) is 0 Å². The van der Waals surface area contributed by atoms with E-state index in [9.17, 15) is 10.2 Å². The van der Waals surface area contributed by atoms with Crippen LogP contribution < -0.4 is 0 Å². The maximum absolute atomic E-state index is 11.3. The van der Waals surface area contributed by atoms with Crippen molar-refractivity contribution < 1.29 is 10.2 Å². The molecule has 4 bridgehead atoms. The van der Waals surface area contributed by atoms with Gasteiger partial charge in [-0.15, -0.1) is 0 Å².